The molecule has 0 saturated carbocycles. The molecule has 1 aromatic rings. The summed E-state index contributed by atoms with van der Waals surface area (Å²) >= 11 is 0. The van der Waals surface area contributed by atoms with E-state index in [1.807, 2.05) is 38.1 Å². The zero-order valence-electron chi connectivity index (χ0n) is 12.2. The van der Waals surface area contributed by atoms with Crippen LogP contribution in [0.25, 0.3) is 0 Å². The highest BCUT2D eigenvalue weighted by molar-refractivity contribution is 5.97. The molecular formula is C17H24O2. The second kappa shape index (κ2) is 7.88. The maximum atomic E-state index is 12.2. The minimum absolute atomic E-state index is 0.0695. The van der Waals surface area contributed by atoms with Crippen molar-refractivity contribution in [3.63, 3.8) is 0 Å². The molecule has 0 bridgehead atoms. The maximum Gasteiger partial charge on any atom is 0.165 e. The van der Waals surface area contributed by atoms with E-state index >= 15 is 0 Å². The van der Waals surface area contributed by atoms with Gasteiger partial charge in [0.1, 0.15) is 5.78 Å². The lowest BCUT2D eigenvalue weighted by atomic mass is 9.93. The summed E-state index contributed by atoms with van der Waals surface area (Å²) in [5, 5.41) is 0. The van der Waals surface area contributed by atoms with Crippen molar-refractivity contribution in [3.05, 3.63) is 35.4 Å². The fourth-order valence-corrected chi connectivity index (χ4v) is 2.13. The summed E-state index contributed by atoms with van der Waals surface area (Å²) in [6.45, 7) is 5.64. The molecule has 0 N–H and O–H groups in total. The Morgan fingerprint density at radius 1 is 1.05 bits per heavy atom. The molecule has 0 spiro atoms. The third kappa shape index (κ3) is 5.82. The quantitative estimate of drug-likeness (QED) is 0.514. The number of ketones is 2. The van der Waals surface area contributed by atoms with Crippen molar-refractivity contribution in [1.29, 1.82) is 0 Å². The van der Waals surface area contributed by atoms with E-state index in [-0.39, 0.29) is 17.5 Å². The van der Waals surface area contributed by atoms with Crippen LogP contribution in [0, 0.1) is 12.8 Å². The van der Waals surface area contributed by atoms with Gasteiger partial charge in [-0.2, -0.15) is 0 Å². The van der Waals surface area contributed by atoms with E-state index in [1.165, 1.54) is 5.56 Å². The van der Waals surface area contributed by atoms with Gasteiger partial charge in [-0.3, -0.25) is 4.79 Å². The zero-order valence-corrected chi connectivity index (χ0v) is 12.2. The van der Waals surface area contributed by atoms with Crippen LogP contribution in [0.1, 0.15) is 61.9 Å². The number of Topliss-reactive ketones (excluding diaryl/α,β-unsaturated/α-hetero) is 2. The first-order chi connectivity index (χ1) is 9.00. The van der Waals surface area contributed by atoms with Crippen molar-refractivity contribution in [2.75, 3.05) is 0 Å². The molecule has 104 valence electrons. The Bertz CT molecular complexity index is 417. The number of hydrogen-bond donors (Lipinski definition) is 0. The van der Waals surface area contributed by atoms with Gasteiger partial charge in [0, 0.05) is 17.9 Å². The number of carbonyl (C=O) groups excluding carboxylic acids is 2. The monoisotopic (exact) mass is 260 g/mol. The molecule has 2 heteroatoms. The summed E-state index contributed by atoms with van der Waals surface area (Å²) in [5.41, 5.74) is 1.98. The summed E-state index contributed by atoms with van der Waals surface area (Å²) in [7, 11) is 0. The Morgan fingerprint density at radius 2 is 1.68 bits per heavy atom. The lowest BCUT2D eigenvalue weighted by molar-refractivity contribution is -0.117. The third-order valence-electron chi connectivity index (χ3n) is 3.45. The van der Waals surface area contributed by atoms with Crippen LogP contribution in [-0.4, -0.2) is 11.6 Å². The SMILES string of the molecule is CC(=O)CCCCCC(C)C(=O)c1ccc(C)cc1. The summed E-state index contributed by atoms with van der Waals surface area (Å²) in [6, 6.07) is 7.77. The summed E-state index contributed by atoms with van der Waals surface area (Å²) in [4.78, 5) is 23.0. The van der Waals surface area contributed by atoms with Crippen molar-refractivity contribution < 1.29 is 9.59 Å². The molecule has 0 aliphatic carbocycles. The van der Waals surface area contributed by atoms with Gasteiger partial charge in [0.05, 0.1) is 0 Å². The Hall–Kier alpha value is -1.44. The second-order valence-electron chi connectivity index (χ2n) is 5.43. The third-order valence-corrected chi connectivity index (χ3v) is 3.45. The van der Waals surface area contributed by atoms with Crippen molar-refractivity contribution in [3.8, 4) is 0 Å². The first kappa shape index (κ1) is 15.6. The fourth-order valence-electron chi connectivity index (χ4n) is 2.13. The van der Waals surface area contributed by atoms with Crippen LogP contribution in [-0.2, 0) is 4.79 Å². The summed E-state index contributed by atoms with van der Waals surface area (Å²) in [5.74, 6) is 0.551. The van der Waals surface area contributed by atoms with Crippen LogP contribution >= 0.6 is 0 Å². The standard InChI is InChI=1S/C17H24O2/c1-13-9-11-16(12-10-13)17(19)14(2)7-5-4-6-8-15(3)18/h9-12,14H,4-8H2,1-3H3. The topological polar surface area (TPSA) is 34.1 Å². The molecule has 0 heterocycles. The predicted molar refractivity (Wildman–Crippen MR) is 78.4 cm³/mol. The lowest BCUT2D eigenvalue weighted by Crippen LogP contribution is -2.11. The first-order valence-corrected chi connectivity index (χ1v) is 7.11. The molecule has 0 aliphatic rings. The van der Waals surface area contributed by atoms with Crippen LogP contribution < -0.4 is 0 Å². The fraction of sp³-hybridized carbons (Fsp3) is 0.529. The summed E-state index contributed by atoms with van der Waals surface area (Å²) < 4.78 is 0. The van der Waals surface area contributed by atoms with Gasteiger partial charge < -0.3 is 4.79 Å². The number of benzene rings is 1. The van der Waals surface area contributed by atoms with Gasteiger partial charge in [-0.25, -0.2) is 0 Å². The van der Waals surface area contributed by atoms with Crippen LogP contribution in [0.5, 0.6) is 0 Å². The molecule has 1 rings (SSSR count). The molecule has 0 saturated heterocycles. The van der Waals surface area contributed by atoms with E-state index in [0.29, 0.717) is 6.42 Å². The minimum atomic E-state index is 0.0695. The molecule has 1 atom stereocenters. The van der Waals surface area contributed by atoms with Gasteiger partial charge in [0.2, 0.25) is 0 Å². The molecule has 19 heavy (non-hydrogen) atoms. The summed E-state index contributed by atoms with van der Waals surface area (Å²) in [6.07, 6.45) is 4.57. The van der Waals surface area contributed by atoms with Crippen molar-refractivity contribution >= 4 is 11.6 Å². The molecule has 0 fully saturated rings. The molecular weight excluding hydrogens is 236 g/mol. The predicted octanol–water partition coefficient (Wildman–Crippen LogP) is 4.35. The smallest absolute Gasteiger partial charge is 0.165 e. The maximum absolute atomic E-state index is 12.2. The van der Waals surface area contributed by atoms with Crippen molar-refractivity contribution in [2.24, 2.45) is 5.92 Å². The van der Waals surface area contributed by atoms with Crippen LogP contribution in [0.2, 0.25) is 0 Å². The molecule has 0 aromatic heterocycles. The van der Waals surface area contributed by atoms with Crippen molar-refractivity contribution in [2.45, 2.75) is 52.9 Å². The van der Waals surface area contributed by atoms with E-state index in [0.717, 1.165) is 31.2 Å². The zero-order chi connectivity index (χ0) is 14.3. The van der Waals surface area contributed by atoms with E-state index in [2.05, 4.69) is 0 Å². The molecule has 0 radical (unpaired) electrons. The van der Waals surface area contributed by atoms with Crippen LogP contribution in [0.4, 0.5) is 0 Å². The average molecular weight is 260 g/mol. The Kier molecular flexibility index (Phi) is 6.48. The second-order valence-corrected chi connectivity index (χ2v) is 5.43. The lowest BCUT2D eigenvalue weighted by Gasteiger charge is -2.10. The molecule has 2 nitrogen and oxygen atoms in total. The van der Waals surface area contributed by atoms with E-state index in [9.17, 15) is 9.59 Å². The number of rotatable bonds is 8. The highest BCUT2D eigenvalue weighted by Gasteiger charge is 2.14. The van der Waals surface area contributed by atoms with Crippen molar-refractivity contribution in [1.82, 2.24) is 0 Å². The molecule has 1 unspecified atom stereocenters. The molecule has 1 aromatic carbocycles. The number of hydrogen-bond acceptors (Lipinski definition) is 2. The van der Waals surface area contributed by atoms with Gasteiger partial charge >= 0.3 is 0 Å². The van der Waals surface area contributed by atoms with E-state index in [1.54, 1.807) is 6.92 Å². The highest BCUT2D eigenvalue weighted by atomic mass is 16.1. The number of carbonyl (C=O) groups is 2. The molecule has 0 aliphatic heterocycles. The Morgan fingerprint density at radius 3 is 2.26 bits per heavy atom. The molecule has 0 amide bonds. The first-order valence-electron chi connectivity index (χ1n) is 7.11. The van der Waals surface area contributed by atoms with Crippen LogP contribution in [0.15, 0.2) is 24.3 Å². The van der Waals surface area contributed by atoms with Gasteiger partial charge in [-0.05, 0) is 26.7 Å². The Labute approximate surface area is 116 Å². The van der Waals surface area contributed by atoms with Gasteiger partial charge in [-0.15, -0.1) is 0 Å². The minimum Gasteiger partial charge on any atom is -0.300 e. The van der Waals surface area contributed by atoms with E-state index < -0.39 is 0 Å². The average Bonchev–Trinajstić information content (AvgIpc) is 2.37. The van der Waals surface area contributed by atoms with Gasteiger partial charge in [0.25, 0.3) is 0 Å². The number of aryl methyl sites for hydroxylation is 1. The van der Waals surface area contributed by atoms with Gasteiger partial charge in [0.15, 0.2) is 5.78 Å². The highest BCUT2D eigenvalue weighted by Crippen LogP contribution is 2.16. The Balaban J connectivity index is 2.32. The van der Waals surface area contributed by atoms with Crippen LogP contribution in [0.3, 0.4) is 0 Å². The van der Waals surface area contributed by atoms with E-state index in [4.69, 9.17) is 0 Å². The largest absolute Gasteiger partial charge is 0.300 e. The normalized spacial score (nSPS) is 12.2. The number of unbranched alkanes of at least 4 members (excludes halogenated alkanes) is 2. The van der Waals surface area contributed by atoms with Gasteiger partial charge in [-0.1, -0.05) is 49.6 Å².